The van der Waals surface area contributed by atoms with Crippen molar-refractivity contribution >= 4 is 10.8 Å². The van der Waals surface area contributed by atoms with Gasteiger partial charge in [-0.15, -0.1) is 0 Å². The Labute approximate surface area is 126 Å². The van der Waals surface area contributed by atoms with Crippen LogP contribution in [0.25, 0.3) is 0 Å². The van der Waals surface area contributed by atoms with Crippen LogP contribution in [0.15, 0.2) is 23.1 Å². The lowest BCUT2D eigenvalue weighted by Gasteiger charge is -2.16. The predicted molar refractivity (Wildman–Crippen MR) is 88.8 cm³/mol. The van der Waals surface area contributed by atoms with Gasteiger partial charge in [0, 0.05) is 16.7 Å². The Morgan fingerprint density at radius 3 is 2.55 bits per heavy atom. The zero-order valence-electron chi connectivity index (χ0n) is 13.4. The Hall–Kier alpha value is -0.670. The number of benzene rings is 1. The predicted octanol–water partition coefficient (Wildman–Crippen LogP) is 3.97. The van der Waals surface area contributed by atoms with E-state index in [2.05, 4.69) is 45.1 Å². The molecule has 0 spiro atoms. The minimum atomic E-state index is -0.854. The Morgan fingerprint density at radius 2 is 1.95 bits per heavy atom. The summed E-state index contributed by atoms with van der Waals surface area (Å²) in [6.07, 6.45) is 4.46. The van der Waals surface area contributed by atoms with Gasteiger partial charge in [-0.3, -0.25) is 4.21 Å². The van der Waals surface area contributed by atoms with E-state index in [0.29, 0.717) is 6.04 Å². The molecule has 2 atom stereocenters. The molecule has 20 heavy (non-hydrogen) atoms. The molecule has 1 N–H and O–H groups in total. The molecule has 0 amide bonds. The van der Waals surface area contributed by atoms with E-state index in [9.17, 15) is 4.21 Å². The first-order valence-corrected chi connectivity index (χ1v) is 9.09. The quantitative estimate of drug-likeness (QED) is 0.747. The van der Waals surface area contributed by atoms with Crippen LogP contribution >= 0.6 is 0 Å². The van der Waals surface area contributed by atoms with Crippen molar-refractivity contribution in [3.63, 3.8) is 0 Å². The van der Waals surface area contributed by atoms with Crippen molar-refractivity contribution in [2.45, 2.75) is 64.3 Å². The van der Waals surface area contributed by atoms with Gasteiger partial charge in [-0.1, -0.05) is 19.9 Å². The molecule has 0 aliphatic carbocycles. The van der Waals surface area contributed by atoms with E-state index in [-0.39, 0.29) is 0 Å². The molecule has 0 aliphatic rings. The van der Waals surface area contributed by atoms with Crippen LogP contribution in [-0.4, -0.2) is 22.5 Å². The topological polar surface area (TPSA) is 29.1 Å². The van der Waals surface area contributed by atoms with Gasteiger partial charge in [-0.25, -0.2) is 0 Å². The van der Waals surface area contributed by atoms with E-state index in [4.69, 9.17) is 0 Å². The maximum absolute atomic E-state index is 12.3. The highest BCUT2D eigenvalue weighted by Gasteiger charge is 2.08. The van der Waals surface area contributed by atoms with Crippen LogP contribution in [-0.2, 0) is 10.8 Å². The third-order valence-corrected chi connectivity index (χ3v) is 5.24. The molecule has 1 aromatic carbocycles. The molecular weight excluding hydrogens is 266 g/mol. The van der Waals surface area contributed by atoms with Crippen LogP contribution in [0.1, 0.15) is 50.7 Å². The lowest BCUT2D eigenvalue weighted by atomic mass is 10.1. The summed E-state index contributed by atoms with van der Waals surface area (Å²) in [6.45, 7) is 9.66. The second kappa shape index (κ2) is 9.30. The van der Waals surface area contributed by atoms with Gasteiger partial charge in [0.15, 0.2) is 0 Å². The number of hydrogen-bond donors (Lipinski definition) is 1. The summed E-state index contributed by atoms with van der Waals surface area (Å²) in [7, 11) is -0.854. The SMILES string of the molecule is CCCNC(CC)CCCS(=O)c1ccc(C)c(C)c1. The van der Waals surface area contributed by atoms with E-state index < -0.39 is 10.8 Å². The van der Waals surface area contributed by atoms with Crippen molar-refractivity contribution in [2.24, 2.45) is 0 Å². The summed E-state index contributed by atoms with van der Waals surface area (Å²) in [5.74, 6) is 0.771. The van der Waals surface area contributed by atoms with Gasteiger partial charge in [0.25, 0.3) is 0 Å². The number of nitrogens with one attached hydrogen (secondary N) is 1. The summed E-state index contributed by atoms with van der Waals surface area (Å²) < 4.78 is 12.3. The maximum Gasteiger partial charge on any atom is 0.0529 e. The Morgan fingerprint density at radius 1 is 1.20 bits per heavy atom. The maximum atomic E-state index is 12.3. The van der Waals surface area contributed by atoms with E-state index >= 15 is 0 Å². The van der Waals surface area contributed by atoms with Gasteiger partial charge in [0.2, 0.25) is 0 Å². The number of aryl methyl sites for hydroxylation is 2. The first-order valence-electron chi connectivity index (χ1n) is 7.77. The molecule has 0 bridgehead atoms. The molecule has 0 radical (unpaired) electrons. The zero-order valence-corrected chi connectivity index (χ0v) is 14.2. The largest absolute Gasteiger partial charge is 0.314 e. The van der Waals surface area contributed by atoms with E-state index in [1.165, 1.54) is 17.5 Å². The summed E-state index contributed by atoms with van der Waals surface area (Å²) in [5.41, 5.74) is 2.49. The summed E-state index contributed by atoms with van der Waals surface area (Å²) in [5, 5.41) is 3.55. The average molecular weight is 295 g/mol. The number of hydrogen-bond acceptors (Lipinski definition) is 2. The minimum absolute atomic E-state index is 0.576. The molecule has 0 saturated carbocycles. The van der Waals surface area contributed by atoms with Crippen molar-refractivity contribution in [1.82, 2.24) is 5.32 Å². The first-order chi connectivity index (χ1) is 9.58. The van der Waals surface area contributed by atoms with E-state index in [0.717, 1.165) is 36.5 Å². The molecule has 1 aromatic rings. The minimum Gasteiger partial charge on any atom is -0.314 e. The van der Waals surface area contributed by atoms with Gasteiger partial charge in [0.05, 0.1) is 10.8 Å². The molecule has 0 aliphatic heterocycles. The third kappa shape index (κ3) is 5.76. The fraction of sp³-hybridized carbons (Fsp3) is 0.647. The first kappa shape index (κ1) is 17.4. The van der Waals surface area contributed by atoms with Gasteiger partial charge in [0.1, 0.15) is 0 Å². The fourth-order valence-corrected chi connectivity index (χ4v) is 3.43. The molecule has 1 rings (SSSR count). The molecule has 3 heteroatoms. The molecule has 0 heterocycles. The number of rotatable bonds is 9. The molecule has 0 fully saturated rings. The zero-order chi connectivity index (χ0) is 15.0. The highest BCUT2D eigenvalue weighted by Crippen LogP contribution is 2.15. The van der Waals surface area contributed by atoms with Crippen LogP contribution in [0.2, 0.25) is 0 Å². The summed E-state index contributed by atoms with van der Waals surface area (Å²) >= 11 is 0. The second-order valence-electron chi connectivity index (χ2n) is 5.50. The standard InChI is InChI=1S/C17H29NOS/c1-5-11-18-16(6-2)8-7-12-20(19)17-10-9-14(3)15(4)13-17/h9-10,13,16,18H,5-8,11-12H2,1-4H3. The summed E-state index contributed by atoms with van der Waals surface area (Å²) in [6, 6.07) is 6.72. The van der Waals surface area contributed by atoms with Crippen molar-refractivity contribution in [3.8, 4) is 0 Å². The normalized spacial score (nSPS) is 14.2. The average Bonchev–Trinajstić information content (AvgIpc) is 2.45. The van der Waals surface area contributed by atoms with Gasteiger partial charge >= 0.3 is 0 Å². The molecule has 0 saturated heterocycles. The molecule has 2 nitrogen and oxygen atoms in total. The van der Waals surface area contributed by atoms with Crippen molar-refractivity contribution in [1.29, 1.82) is 0 Å². The smallest absolute Gasteiger partial charge is 0.0529 e. The van der Waals surface area contributed by atoms with Crippen LogP contribution < -0.4 is 5.32 Å². The van der Waals surface area contributed by atoms with Gasteiger partial charge in [-0.2, -0.15) is 0 Å². The summed E-state index contributed by atoms with van der Waals surface area (Å²) in [4.78, 5) is 0.975. The lowest BCUT2D eigenvalue weighted by Crippen LogP contribution is -2.29. The van der Waals surface area contributed by atoms with Gasteiger partial charge in [-0.05, 0) is 69.3 Å². The molecule has 0 aromatic heterocycles. The van der Waals surface area contributed by atoms with E-state index in [1.807, 2.05) is 6.07 Å². The Balaban J connectivity index is 2.40. The van der Waals surface area contributed by atoms with E-state index in [1.54, 1.807) is 0 Å². The highest BCUT2D eigenvalue weighted by molar-refractivity contribution is 7.85. The Kier molecular flexibility index (Phi) is 8.08. The van der Waals surface area contributed by atoms with Crippen molar-refractivity contribution in [2.75, 3.05) is 12.3 Å². The lowest BCUT2D eigenvalue weighted by molar-refractivity contribution is 0.464. The highest BCUT2D eigenvalue weighted by atomic mass is 32.2. The van der Waals surface area contributed by atoms with Crippen LogP contribution in [0.5, 0.6) is 0 Å². The molecule has 2 unspecified atom stereocenters. The fourth-order valence-electron chi connectivity index (χ4n) is 2.23. The van der Waals surface area contributed by atoms with Crippen LogP contribution in [0.3, 0.4) is 0 Å². The van der Waals surface area contributed by atoms with Crippen molar-refractivity contribution < 1.29 is 4.21 Å². The second-order valence-corrected chi connectivity index (χ2v) is 7.07. The monoisotopic (exact) mass is 295 g/mol. The van der Waals surface area contributed by atoms with Gasteiger partial charge < -0.3 is 5.32 Å². The third-order valence-electron chi connectivity index (χ3n) is 3.80. The Bertz CT molecular complexity index is 431. The van der Waals surface area contributed by atoms with Crippen LogP contribution in [0.4, 0.5) is 0 Å². The van der Waals surface area contributed by atoms with Crippen molar-refractivity contribution in [3.05, 3.63) is 29.3 Å². The van der Waals surface area contributed by atoms with Crippen LogP contribution in [0, 0.1) is 13.8 Å². The molecular formula is C17H29NOS. The molecule has 114 valence electrons.